The van der Waals surface area contributed by atoms with Crippen LogP contribution in [0, 0.1) is 11.3 Å². The monoisotopic (exact) mass is 370 g/mol. The van der Waals surface area contributed by atoms with E-state index < -0.39 is 0 Å². The predicted molar refractivity (Wildman–Crippen MR) is 98.7 cm³/mol. The largest absolute Gasteiger partial charge is 0.454 e. The standard InChI is InChI=1S/C21H26N2O4/c24-19(16-5-6-17-18(11-16)27-14-26-17)23-10-8-21(13-23)7-2-9-22(20(21)25)12-15-3-1-4-15/h5-6,11,15H,1-4,7-10,12-14H2. The molecule has 1 aliphatic carbocycles. The van der Waals surface area contributed by atoms with Gasteiger partial charge in [-0.15, -0.1) is 0 Å². The molecule has 3 aliphatic heterocycles. The fourth-order valence-corrected chi connectivity index (χ4v) is 4.95. The molecule has 1 aromatic rings. The molecule has 3 heterocycles. The Morgan fingerprint density at radius 2 is 1.96 bits per heavy atom. The molecule has 0 aromatic heterocycles. The molecule has 2 saturated heterocycles. The van der Waals surface area contributed by atoms with E-state index in [-0.39, 0.29) is 24.0 Å². The van der Waals surface area contributed by atoms with Crippen LogP contribution in [0.25, 0.3) is 0 Å². The summed E-state index contributed by atoms with van der Waals surface area (Å²) in [6, 6.07) is 5.32. The molecule has 4 aliphatic rings. The van der Waals surface area contributed by atoms with Crippen LogP contribution in [0.4, 0.5) is 0 Å². The summed E-state index contributed by atoms with van der Waals surface area (Å²) in [6.07, 6.45) is 6.54. The normalized spacial score (nSPS) is 27.3. The van der Waals surface area contributed by atoms with Crippen LogP contribution in [0.2, 0.25) is 0 Å². The van der Waals surface area contributed by atoms with E-state index in [1.54, 1.807) is 18.2 Å². The number of hydrogen-bond acceptors (Lipinski definition) is 4. The quantitative estimate of drug-likeness (QED) is 0.821. The van der Waals surface area contributed by atoms with Gasteiger partial charge in [0.15, 0.2) is 11.5 Å². The Bertz CT molecular complexity index is 775. The molecule has 3 fully saturated rings. The highest BCUT2D eigenvalue weighted by Gasteiger charge is 2.49. The van der Waals surface area contributed by atoms with Crippen LogP contribution in [0.1, 0.15) is 48.9 Å². The molecule has 1 aromatic carbocycles. The second-order valence-corrected chi connectivity index (χ2v) is 8.48. The summed E-state index contributed by atoms with van der Waals surface area (Å²) in [5.74, 6) is 2.25. The number of carbonyl (C=O) groups is 2. The summed E-state index contributed by atoms with van der Waals surface area (Å²) in [5.41, 5.74) is 0.236. The lowest BCUT2D eigenvalue weighted by atomic mass is 9.77. The van der Waals surface area contributed by atoms with Gasteiger partial charge < -0.3 is 19.3 Å². The van der Waals surface area contributed by atoms with Crippen molar-refractivity contribution in [2.45, 2.75) is 38.5 Å². The topological polar surface area (TPSA) is 59.1 Å². The Balaban J connectivity index is 1.29. The van der Waals surface area contributed by atoms with E-state index in [9.17, 15) is 9.59 Å². The number of piperidine rings is 1. The zero-order chi connectivity index (χ0) is 18.4. The fourth-order valence-electron chi connectivity index (χ4n) is 4.95. The van der Waals surface area contributed by atoms with Crippen molar-refractivity contribution in [3.8, 4) is 11.5 Å². The number of hydrogen-bond donors (Lipinski definition) is 0. The summed E-state index contributed by atoms with van der Waals surface area (Å²) in [6.45, 7) is 3.19. The first-order valence-corrected chi connectivity index (χ1v) is 10.1. The molecule has 27 heavy (non-hydrogen) atoms. The van der Waals surface area contributed by atoms with Gasteiger partial charge in [-0.25, -0.2) is 0 Å². The first kappa shape index (κ1) is 16.9. The van der Waals surface area contributed by atoms with Crippen molar-refractivity contribution in [1.29, 1.82) is 0 Å². The van der Waals surface area contributed by atoms with Crippen LogP contribution < -0.4 is 9.47 Å². The molecular formula is C21H26N2O4. The van der Waals surface area contributed by atoms with E-state index in [1.807, 2.05) is 4.90 Å². The van der Waals surface area contributed by atoms with Crippen LogP contribution >= 0.6 is 0 Å². The first-order valence-electron chi connectivity index (χ1n) is 10.1. The zero-order valence-corrected chi connectivity index (χ0v) is 15.6. The van der Waals surface area contributed by atoms with Crippen LogP contribution in [-0.2, 0) is 4.79 Å². The molecule has 5 rings (SSSR count). The molecule has 1 unspecified atom stereocenters. The highest BCUT2D eigenvalue weighted by atomic mass is 16.7. The number of carbonyl (C=O) groups excluding carboxylic acids is 2. The van der Waals surface area contributed by atoms with E-state index in [1.165, 1.54) is 19.3 Å². The molecule has 1 atom stereocenters. The SMILES string of the molecule is O=C(c1ccc2c(c1)OCO2)N1CCC2(CCCN(CC3CCC3)C2=O)C1. The predicted octanol–water partition coefficient (Wildman–Crippen LogP) is 2.67. The van der Waals surface area contributed by atoms with Crippen molar-refractivity contribution in [3.63, 3.8) is 0 Å². The lowest BCUT2D eigenvalue weighted by Crippen LogP contribution is -2.52. The van der Waals surface area contributed by atoms with Gasteiger partial charge >= 0.3 is 0 Å². The summed E-state index contributed by atoms with van der Waals surface area (Å²) in [5, 5.41) is 0. The van der Waals surface area contributed by atoms with Crippen LogP contribution in [-0.4, -0.2) is 54.6 Å². The highest BCUT2D eigenvalue weighted by molar-refractivity contribution is 5.96. The van der Waals surface area contributed by atoms with Crippen molar-refractivity contribution in [3.05, 3.63) is 23.8 Å². The number of rotatable bonds is 3. The molecule has 6 heteroatoms. The van der Waals surface area contributed by atoms with Gasteiger partial charge in [-0.05, 0) is 56.2 Å². The van der Waals surface area contributed by atoms with Gasteiger partial charge in [0.1, 0.15) is 0 Å². The van der Waals surface area contributed by atoms with E-state index in [0.29, 0.717) is 36.1 Å². The number of benzene rings is 1. The van der Waals surface area contributed by atoms with E-state index >= 15 is 0 Å². The summed E-state index contributed by atoms with van der Waals surface area (Å²) >= 11 is 0. The fraction of sp³-hybridized carbons (Fsp3) is 0.619. The van der Waals surface area contributed by atoms with Crippen molar-refractivity contribution >= 4 is 11.8 Å². The smallest absolute Gasteiger partial charge is 0.254 e. The number of fused-ring (bicyclic) bond motifs is 1. The van der Waals surface area contributed by atoms with E-state index in [0.717, 1.165) is 32.4 Å². The Morgan fingerprint density at radius 1 is 1.11 bits per heavy atom. The van der Waals surface area contributed by atoms with Gasteiger partial charge in [0, 0.05) is 31.7 Å². The van der Waals surface area contributed by atoms with Crippen molar-refractivity contribution in [1.82, 2.24) is 9.80 Å². The minimum Gasteiger partial charge on any atom is -0.454 e. The van der Waals surface area contributed by atoms with Crippen molar-refractivity contribution < 1.29 is 19.1 Å². The lowest BCUT2D eigenvalue weighted by Gasteiger charge is -2.42. The Kier molecular flexibility index (Phi) is 4.02. The molecule has 2 amide bonds. The van der Waals surface area contributed by atoms with E-state index in [4.69, 9.17) is 9.47 Å². The number of amides is 2. The number of likely N-dealkylation sites (tertiary alicyclic amines) is 2. The summed E-state index contributed by atoms with van der Waals surface area (Å²) < 4.78 is 10.7. The Morgan fingerprint density at radius 3 is 2.78 bits per heavy atom. The maximum absolute atomic E-state index is 13.2. The third-order valence-electron chi connectivity index (χ3n) is 6.79. The zero-order valence-electron chi connectivity index (χ0n) is 15.6. The second-order valence-electron chi connectivity index (χ2n) is 8.48. The molecular weight excluding hydrogens is 344 g/mol. The second kappa shape index (κ2) is 6.43. The van der Waals surface area contributed by atoms with Crippen molar-refractivity contribution in [2.75, 3.05) is 33.0 Å². The Hall–Kier alpha value is -2.24. The third-order valence-corrected chi connectivity index (χ3v) is 6.79. The maximum Gasteiger partial charge on any atom is 0.254 e. The average Bonchev–Trinajstić information content (AvgIpc) is 3.28. The van der Waals surface area contributed by atoms with Gasteiger partial charge in [0.25, 0.3) is 5.91 Å². The summed E-state index contributed by atoms with van der Waals surface area (Å²) in [7, 11) is 0. The third kappa shape index (κ3) is 2.86. The number of ether oxygens (including phenoxy) is 2. The molecule has 0 radical (unpaired) electrons. The van der Waals surface area contributed by atoms with Gasteiger partial charge in [-0.2, -0.15) is 0 Å². The van der Waals surface area contributed by atoms with Crippen LogP contribution in [0.15, 0.2) is 18.2 Å². The lowest BCUT2D eigenvalue weighted by molar-refractivity contribution is -0.146. The van der Waals surface area contributed by atoms with Gasteiger partial charge in [0.2, 0.25) is 12.7 Å². The van der Waals surface area contributed by atoms with Crippen molar-refractivity contribution in [2.24, 2.45) is 11.3 Å². The summed E-state index contributed by atoms with van der Waals surface area (Å²) in [4.78, 5) is 30.2. The van der Waals surface area contributed by atoms with Gasteiger partial charge in [-0.1, -0.05) is 6.42 Å². The van der Waals surface area contributed by atoms with E-state index in [2.05, 4.69) is 4.90 Å². The van der Waals surface area contributed by atoms with Gasteiger partial charge in [-0.3, -0.25) is 9.59 Å². The molecule has 1 saturated carbocycles. The minimum absolute atomic E-state index is 0.0194. The van der Waals surface area contributed by atoms with Crippen LogP contribution in [0.5, 0.6) is 11.5 Å². The molecule has 1 spiro atoms. The molecule has 0 N–H and O–H groups in total. The van der Waals surface area contributed by atoms with Crippen LogP contribution in [0.3, 0.4) is 0 Å². The maximum atomic E-state index is 13.2. The average molecular weight is 370 g/mol. The van der Waals surface area contributed by atoms with Gasteiger partial charge in [0.05, 0.1) is 5.41 Å². The number of nitrogens with zero attached hydrogens (tertiary/aromatic N) is 2. The molecule has 0 bridgehead atoms. The Labute approximate surface area is 159 Å². The molecule has 144 valence electrons. The first-order chi connectivity index (χ1) is 13.1. The minimum atomic E-state index is -0.367. The molecule has 6 nitrogen and oxygen atoms in total. The highest BCUT2D eigenvalue weighted by Crippen LogP contribution is 2.42.